The second-order valence-corrected chi connectivity index (χ2v) is 4.50. The highest BCUT2D eigenvalue weighted by Crippen LogP contribution is 2.14. The summed E-state index contributed by atoms with van der Waals surface area (Å²) in [4.78, 5) is 18.7. The first kappa shape index (κ1) is 12.5. The lowest BCUT2D eigenvalue weighted by molar-refractivity contribution is 0.0696. The fraction of sp³-hybridized carbons (Fsp3) is 0.0833. The fourth-order valence-electron chi connectivity index (χ4n) is 1.36. The Morgan fingerprint density at radius 3 is 2.78 bits per heavy atom. The maximum absolute atomic E-state index is 10.7. The van der Waals surface area contributed by atoms with Gasteiger partial charge in [-0.2, -0.15) is 0 Å². The van der Waals surface area contributed by atoms with Gasteiger partial charge in [0.25, 0.3) is 0 Å². The molecule has 2 aromatic rings. The van der Waals surface area contributed by atoms with Gasteiger partial charge < -0.3 is 10.4 Å². The van der Waals surface area contributed by atoms with Crippen LogP contribution in [-0.4, -0.2) is 21.0 Å². The topological polar surface area (TPSA) is 75.1 Å². The van der Waals surface area contributed by atoms with Crippen LogP contribution in [0.1, 0.15) is 16.1 Å². The minimum Gasteiger partial charge on any atom is -0.478 e. The van der Waals surface area contributed by atoms with Crippen LogP contribution in [0.3, 0.4) is 0 Å². The normalized spacial score (nSPS) is 10.1. The Hall–Kier alpha value is -1.95. The van der Waals surface area contributed by atoms with Gasteiger partial charge in [0.2, 0.25) is 0 Å². The van der Waals surface area contributed by atoms with Crippen LogP contribution in [-0.2, 0) is 6.54 Å². The molecule has 5 nitrogen and oxygen atoms in total. The molecule has 0 unspecified atom stereocenters. The van der Waals surface area contributed by atoms with Crippen LogP contribution < -0.4 is 5.32 Å². The molecular weight excluding hydrogens is 298 g/mol. The third-order valence-corrected chi connectivity index (χ3v) is 2.68. The number of pyridine rings is 2. The van der Waals surface area contributed by atoms with Crippen molar-refractivity contribution in [1.29, 1.82) is 0 Å². The van der Waals surface area contributed by atoms with E-state index in [1.165, 1.54) is 12.3 Å². The van der Waals surface area contributed by atoms with Crippen molar-refractivity contribution < 1.29 is 9.90 Å². The summed E-state index contributed by atoms with van der Waals surface area (Å²) in [5.41, 5.74) is 1.82. The highest BCUT2D eigenvalue weighted by molar-refractivity contribution is 9.10. The summed E-state index contributed by atoms with van der Waals surface area (Å²) in [6, 6.07) is 5.12. The van der Waals surface area contributed by atoms with E-state index in [0.717, 1.165) is 15.9 Å². The molecule has 0 spiro atoms. The van der Waals surface area contributed by atoms with E-state index in [4.69, 9.17) is 5.11 Å². The Bertz CT molecular complexity index is 558. The summed E-state index contributed by atoms with van der Waals surface area (Å²) in [5, 5.41) is 11.9. The fourth-order valence-corrected chi connectivity index (χ4v) is 1.72. The van der Waals surface area contributed by atoms with E-state index in [-0.39, 0.29) is 5.56 Å². The van der Waals surface area contributed by atoms with Gasteiger partial charge in [-0.3, -0.25) is 9.97 Å². The largest absolute Gasteiger partial charge is 0.478 e. The highest BCUT2D eigenvalue weighted by atomic mass is 79.9. The molecule has 2 N–H and O–H groups in total. The Morgan fingerprint density at radius 2 is 2.17 bits per heavy atom. The molecule has 0 bridgehead atoms. The highest BCUT2D eigenvalue weighted by Gasteiger charge is 2.02. The van der Waals surface area contributed by atoms with Crippen molar-refractivity contribution in [2.45, 2.75) is 6.54 Å². The standard InChI is InChI=1S/C12H10BrN3O2/c13-9-3-11(6-14-5-9)16-7-10-2-1-8(4-15-10)12(17)18/h1-6,16H,7H2,(H,17,18). The number of aromatic carboxylic acids is 1. The first-order valence-electron chi connectivity index (χ1n) is 5.18. The van der Waals surface area contributed by atoms with Crippen molar-refractivity contribution in [3.63, 3.8) is 0 Å². The molecule has 0 aliphatic carbocycles. The minimum absolute atomic E-state index is 0.183. The van der Waals surface area contributed by atoms with Crippen molar-refractivity contribution in [2.24, 2.45) is 0 Å². The van der Waals surface area contributed by atoms with Gasteiger partial charge in [0.05, 0.1) is 29.7 Å². The molecule has 0 aromatic carbocycles. The van der Waals surface area contributed by atoms with Gasteiger partial charge >= 0.3 is 5.97 Å². The first-order valence-corrected chi connectivity index (χ1v) is 5.97. The third kappa shape index (κ3) is 3.27. The van der Waals surface area contributed by atoms with Gasteiger partial charge in [0, 0.05) is 16.9 Å². The summed E-state index contributed by atoms with van der Waals surface area (Å²) in [7, 11) is 0. The number of carboxylic acid groups (broad SMARTS) is 1. The molecule has 6 heteroatoms. The summed E-state index contributed by atoms with van der Waals surface area (Å²) in [6.45, 7) is 0.512. The average Bonchev–Trinajstić information content (AvgIpc) is 2.37. The van der Waals surface area contributed by atoms with Crippen LogP contribution in [0.2, 0.25) is 0 Å². The van der Waals surface area contributed by atoms with Crippen molar-refractivity contribution in [3.05, 3.63) is 52.5 Å². The molecule has 0 amide bonds. The average molecular weight is 308 g/mol. The number of hydrogen-bond donors (Lipinski definition) is 2. The van der Waals surface area contributed by atoms with E-state index >= 15 is 0 Å². The van der Waals surface area contributed by atoms with Gasteiger partial charge in [0.1, 0.15) is 0 Å². The van der Waals surface area contributed by atoms with E-state index in [9.17, 15) is 4.79 Å². The van der Waals surface area contributed by atoms with E-state index in [1.807, 2.05) is 6.07 Å². The molecule has 0 atom stereocenters. The SMILES string of the molecule is O=C(O)c1ccc(CNc2cncc(Br)c2)nc1. The third-order valence-electron chi connectivity index (χ3n) is 2.25. The molecule has 2 heterocycles. The number of aromatic nitrogens is 2. The van der Waals surface area contributed by atoms with Crippen molar-refractivity contribution in [1.82, 2.24) is 9.97 Å². The predicted octanol–water partition coefficient (Wildman–Crippen LogP) is 2.55. The molecule has 2 aromatic heterocycles. The lowest BCUT2D eigenvalue weighted by atomic mass is 10.2. The molecule has 0 saturated heterocycles. The maximum atomic E-state index is 10.7. The zero-order valence-corrected chi connectivity index (χ0v) is 10.9. The Labute approximate surface area is 112 Å². The monoisotopic (exact) mass is 307 g/mol. The second kappa shape index (κ2) is 5.59. The molecule has 0 aliphatic rings. The van der Waals surface area contributed by atoms with Gasteiger partial charge in [-0.05, 0) is 34.1 Å². The summed E-state index contributed by atoms with van der Waals surface area (Å²) in [5.74, 6) is -0.974. The molecule has 0 aliphatic heterocycles. The zero-order chi connectivity index (χ0) is 13.0. The van der Waals surface area contributed by atoms with Crippen LogP contribution >= 0.6 is 15.9 Å². The number of carboxylic acids is 1. The number of rotatable bonds is 4. The summed E-state index contributed by atoms with van der Waals surface area (Å²) in [6.07, 6.45) is 4.75. The lowest BCUT2D eigenvalue weighted by Crippen LogP contribution is -2.04. The summed E-state index contributed by atoms with van der Waals surface area (Å²) >= 11 is 3.33. The number of anilines is 1. The smallest absolute Gasteiger partial charge is 0.337 e. The van der Waals surface area contributed by atoms with E-state index in [2.05, 4.69) is 31.2 Å². The van der Waals surface area contributed by atoms with Crippen LogP contribution in [0.4, 0.5) is 5.69 Å². The van der Waals surface area contributed by atoms with Gasteiger partial charge in [-0.25, -0.2) is 4.79 Å². The zero-order valence-electron chi connectivity index (χ0n) is 9.30. The predicted molar refractivity (Wildman–Crippen MR) is 70.5 cm³/mol. The van der Waals surface area contributed by atoms with Crippen LogP contribution in [0.15, 0.2) is 41.3 Å². The number of hydrogen-bond acceptors (Lipinski definition) is 4. The first-order chi connectivity index (χ1) is 8.65. The van der Waals surface area contributed by atoms with E-state index in [0.29, 0.717) is 6.54 Å². The maximum Gasteiger partial charge on any atom is 0.337 e. The summed E-state index contributed by atoms with van der Waals surface area (Å²) < 4.78 is 0.890. The second-order valence-electron chi connectivity index (χ2n) is 3.59. The molecule has 0 saturated carbocycles. The molecule has 18 heavy (non-hydrogen) atoms. The number of halogens is 1. The number of carbonyl (C=O) groups is 1. The Morgan fingerprint density at radius 1 is 1.33 bits per heavy atom. The van der Waals surface area contributed by atoms with E-state index < -0.39 is 5.97 Å². The molecule has 92 valence electrons. The van der Waals surface area contributed by atoms with Crippen molar-refractivity contribution in [3.8, 4) is 0 Å². The minimum atomic E-state index is -0.974. The van der Waals surface area contributed by atoms with Crippen LogP contribution in [0, 0.1) is 0 Å². The molecule has 0 radical (unpaired) electrons. The van der Waals surface area contributed by atoms with Gasteiger partial charge in [0.15, 0.2) is 0 Å². The molecule has 2 rings (SSSR count). The number of nitrogens with zero attached hydrogens (tertiary/aromatic N) is 2. The van der Waals surface area contributed by atoms with Crippen molar-refractivity contribution >= 4 is 27.6 Å². The van der Waals surface area contributed by atoms with Gasteiger partial charge in [-0.15, -0.1) is 0 Å². The van der Waals surface area contributed by atoms with E-state index in [1.54, 1.807) is 18.5 Å². The number of nitrogens with one attached hydrogen (secondary N) is 1. The van der Waals surface area contributed by atoms with Crippen molar-refractivity contribution in [2.75, 3.05) is 5.32 Å². The van der Waals surface area contributed by atoms with Gasteiger partial charge in [-0.1, -0.05) is 0 Å². The molecule has 0 fully saturated rings. The quantitative estimate of drug-likeness (QED) is 0.908. The Kier molecular flexibility index (Phi) is 3.88. The Balaban J connectivity index is 2.00. The van der Waals surface area contributed by atoms with Crippen LogP contribution in [0.25, 0.3) is 0 Å². The van der Waals surface area contributed by atoms with Crippen LogP contribution in [0.5, 0.6) is 0 Å². The molecular formula is C12H10BrN3O2. The lowest BCUT2D eigenvalue weighted by Gasteiger charge is -2.05.